The van der Waals surface area contributed by atoms with Crippen LogP contribution >= 0.6 is 11.3 Å². The van der Waals surface area contributed by atoms with Gasteiger partial charge in [0.15, 0.2) is 0 Å². The summed E-state index contributed by atoms with van der Waals surface area (Å²) < 4.78 is 16.1. The number of hydrogen-bond donors (Lipinski definition) is 0. The molecule has 1 aromatic rings. The molecule has 0 aromatic carbocycles. The Balaban J connectivity index is 2.53. The number of ether oxygens (including phenoxy) is 2. The molecular formula is C17H32O2SSn2. The van der Waals surface area contributed by atoms with Crippen molar-refractivity contribution in [2.45, 2.75) is 56.3 Å². The second-order valence-corrected chi connectivity index (χ2v) is 40.3. The Hall–Kier alpha value is 0.897. The maximum absolute atomic E-state index is 6.45. The fourth-order valence-electron chi connectivity index (χ4n) is 2.80. The topological polar surface area (TPSA) is 18.5 Å². The third kappa shape index (κ3) is 3.76. The van der Waals surface area contributed by atoms with E-state index in [-0.39, 0.29) is 5.41 Å². The fraction of sp³-hybridized carbons (Fsp3) is 0.765. The molecule has 2 nitrogen and oxygen atoms in total. The molecule has 0 spiro atoms. The van der Waals surface area contributed by atoms with Crippen molar-refractivity contribution in [1.29, 1.82) is 0 Å². The number of thiophene rings is 1. The van der Waals surface area contributed by atoms with E-state index in [1.807, 2.05) is 0 Å². The zero-order valence-corrected chi connectivity index (χ0v) is 22.1. The van der Waals surface area contributed by atoms with Gasteiger partial charge in [-0.1, -0.05) is 0 Å². The van der Waals surface area contributed by atoms with Crippen molar-refractivity contribution < 1.29 is 9.47 Å². The average Bonchev–Trinajstić information content (AvgIpc) is 2.69. The number of rotatable bonds is 4. The molecule has 1 aliphatic heterocycles. The minimum atomic E-state index is -2.19. The fourth-order valence-corrected chi connectivity index (χ4v) is 18.5. The van der Waals surface area contributed by atoms with Gasteiger partial charge in [0.2, 0.25) is 0 Å². The van der Waals surface area contributed by atoms with Crippen molar-refractivity contribution >= 4 is 53.9 Å². The van der Waals surface area contributed by atoms with Gasteiger partial charge in [-0.3, -0.25) is 0 Å². The predicted molar refractivity (Wildman–Crippen MR) is 104 cm³/mol. The van der Waals surface area contributed by atoms with Gasteiger partial charge in [-0.2, -0.15) is 0 Å². The summed E-state index contributed by atoms with van der Waals surface area (Å²) in [6.07, 6.45) is 2.25. The van der Waals surface area contributed by atoms with Gasteiger partial charge >= 0.3 is 150 Å². The quantitative estimate of drug-likeness (QED) is 0.530. The van der Waals surface area contributed by atoms with Crippen molar-refractivity contribution in [3.05, 3.63) is 0 Å². The molecule has 0 atom stereocenters. The second-order valence-electron chi connectivity index (χ2n) is 8.70. The monoisotopic (exact) mass is 540 g/mol. The number of hydrogen-bond acceptors (Lipinski definition) is 3. The van der Waals surface area contributed by atoms with Gasteiger partial charge in [-0.05, 0) is 0 Å². The average molecular weight is 538 g/mol. The van der Waals surface area contributed by atoms with Crippen LogP contribution in [0.1, 0.15) is 26.7 Å². The summed E-state index contributed by atoms with van der Waals surface area (Å²) in [5.74, 6) is 2.30. The van der Waals surface area contributed by atoms with Gasteiger partial charge in [0.25, 0.3) is 0 Å². The summed E-state index contributed by atoms with van der Waals surface area (Å²) in [6.45, 7) is 6.17. The molecule has 0 radical (unpaired) electrons. The van der Waals surface area contributed by atoms with Crippen LogP contribution in [0.4, 0.5) is 0 Å². The SMILES string of the molecule is CCC1(CC)COc2[c]([Sn]([CH3])([CH3])[CH3])s[c]([Sn]([CH3])([CH3])[CH3])c2OC1. The van der Waals surface area contributed by atoms with Crippen LogP contribution in [0.2, 0.25) is 29.6 Å². The summed E-state index contributed by atoms with van der Waals surface area (Å²) in [6, 6.07) is 0. The Morgan fingerprint density at radius 1 is 0.818 bits per heavy atom. The molecule has 0 unspecified atom stereocenters. The maximum atomic E-state index is 6.45. The molecule has 22 heavy (non-hydrogen) atoms. The van der Waals surface area contributed by atoms with Crippen LogP contribution < -0.4 is 15.3 Å². The zero-order valence-electron chi connectivity index (χ0n) is 15.6. The van der Waals surface area contributed by atoms with E-state index in [9.17, 15) is 0 Å². The van der Waals surface area contributed by atoms with Crippen molar-refractivity contribution in [1.82, 2.24) is 0 Å². The van der Waals surface area contributed by atoms with Crippen LogP contribution in [0, 0.1) is 5.41 Å². The minimum absolute atomic E-state index is 0.187. The number of fused-ring (bicyclic) bond motifs is 1. The molecule has 126 valence electrons. The van der Waals surface area contributed by atoms with Crippen molar-refractivity contribution in [3.63, 3.8) is 0 Å². The van der Waals surface area contributed by atoms with E-state index >= 15 is 0 Å². The molecule has 0 saturated heterocycles. The summed E-state index contributed by atoms with van der Waals surface area (Å²) in [5, 5.41) is 0. The Morgan fingerprint density at radius 2 is 1.18 bits per heavy atom. The van der Waals surface area contributed by atoms with Gasteiger partial charge in [-0.15, -0.1) is 0 Å². The van der Waals surface area contributed by atoms with Crippen molar-refractivity contribution in [3.8, 4) is 11.5 Å². The van der Waals surface area contributed by atoms with Crippen molar-refractivity contribution in [2.24, 2.45) is 5.41 Å². The standard InChI is InChI=1S/C11H14O2S.6CH3.2Sn/c1-3-11(4-2)7-12-9-5-14-6-10(9)13-8-11;;;;;;;;/h3-4,7-8H2,1-2H3;6*1H3;;. The first-order valence-electron chi connectivity index (χ1n) is 8.47. The normalized spacial score (nSPS) is 18.2. The molecule has 2 heterocycles. The van der Waals surface area contributed by atoms with Gasteiger partial charge in [0.05, 0.1) is 0 Å². The molecule has 0 fully saturated rings. The van der Waals surface area contributed by atoms with Gasteiger partial charge in [0, 0.05) is 0 Å². The molecule has 0 bridgehead atoms. The summed E-state index contributed by atoms with van der Waals surface area (Å²) >= 11 is -2.33. The van der Waals surface area contributed by atoms with Gasteiger partial charge in [-0.25, -0.2) is 0 Å². The first-order chi connectivity index (χ1) is 10.0. The van der Waals surface area contributed by atoms with Crippen LogP contribution in [0.25, 0.3) is 0 Å². The van der Waals surface area contributed by atoms with E-state index in [1.165, 1.54) is 0 Å². The zero-order chi connectivity index (χ0) is 16.8. The van der Waals surface area contributed by atoms with Crippen LogP contribution in [0.15, 0.2) is 0 Å². The molecular weight excluding hydrogens is 506 g/mol. The van der Waals surface area contributed by atoms with E-state index in [2.05, 4.69) is 54.8 Å². The molecule has 5 heteroatoms. The predicted octanol–water partition coefficient (Wildman–Crippen LogP) is 4.42. The van der Waals surface area contributed by atoms with E-state index in [0.717, 1.165) is 37.6 Å². The van der Waals surface area contributed by atoms with Crippen LogP contribution in [-0.4, -0.2) is 50.0 Å². The third-order valence-corrected chi connectivity index (χ3v) is 24.5. The molecule has 0 aliphatic carbocycles. The van der Waals surface area contributed by atoms with Gasteiger partial charge < -0.3 is 0 Å². The second kappa shape index (κ2) is 6.66. The van der Waals surface area contributed by atoms with Crippen LogP contribution in [0.3, 0.4) is 0 Å². The van der Waals surface area contributed by atoms with Crippen LogP contribution in [0.5, 0.6) is 11.5 Å². The molecule has 1 aromatic heterocycles. The van der Waals surface area contributed by atoms with E-state index < -0.39 is 36.8 Å². The van der Waals surface area contributed by atoms with E-state index in [0.29, 0.717) is 0 Å². The Labute approximate surface area is 148 Å². The summed E-state index contributed by atoms with van der Waals surface area (Å²) in [7, 11) is 0. The Bertz CT molecular complexity index is 492. The van der Waals surface area contributed by atoms with Crippen molar-refractivity contribution in [2.75, 3.05) is 13.2 Å². The summed E-state index contributed by atoms with van der Waals surface area (Å²) in [4.78, 5) is 14.9. The molecule has 1 aliphatic rings. The first kappa shape index (κ1) is 19.2. The molecule has 0 amide bonds. The molecule has 0 saturated carbocycles. The van der Waals surface area contributed by atoms with Gasteiger partial charge in [0.1, 0.15) is 0 Å². The third-order valence-electron chi connectivity index (χ3n) is 4.73. The Kier molecular flexibility index (Phi) is 5.82. The Morgan fingerprint density at radius 3 is 1.45 bits per heavy atom. The summed E-state index contributed by atoms with van der Waals surface area (Å²) in [5.41, 5.74) is 0.187. The van der Waals surface area contributed by atoms with E-state index in [1.54, 1.807) is 5.79 Å². The molecule has 0 N–H and O–H groups in total. The van der Waals surface area contributed by atoms with Crippen LogP contribution in [-0.2, 0) is 0 Å². The molecule has 2 rings (SSSR count). The first-order valence-corrected chi connectivity index (χ1v) is 29.3. The van der Waals surface area contributed by atoms with E-state index in [4.69, 9.17) is 9.47 Å².